The third kappa shape index (κ3) is 3.05. The first-order chi connectivity index (χ1) is 9.65. The molecular weight excluding hydrogens is 248 g/mol. The molecule has 1 N–H and O–H groups in total. The number of hydrogen-bond acceptors (Lipinski definition) is 3. The maximum absolute atomic E-state index is 10.7. The number of rotatable bonds is 3. The lowest BCUT2D eigenvalue weighted by Gasteiger charge is -2.46. The fourth-order valence-corrected chi connectivity index (χ4v) is 3.63. The summed E-state index contributed by atoms with van der Waals surface area (Å²) in [5, 5.41) is 10.7. The van der Waals surface area contributed by atoms with E-state index in [0.29, 0.717) is 6.04 Å². The molecule has 0 spiro atoms. The molecule has 2 aliphatic rings. The highest BCUT2D eigenvalue weighted by Gasteiger charge is 2.41. The van der Waals surface area contributed by atoms with Crippen LogP contribution in [0, 0.1) is 0 Å². The molecule has 1 aromatic rings. The van der Waals surface area contributed by atoms with Gasteiger partial charge in [-0.05, 0) is 44.8 Å². The first kappa shape index (κ1) is 14.1. The summed E-state index contributed by atoms with van der Waals surface area (Å²) in [5.74, 6) is 0. The molecule has 1 aromatic carbocycles. The largest absolute Gasteiger partial charge is 0.388 e. The molecule has 3 heteroatoms. The van der Waals surface area contributed by atoms with Crippen molar-refractivity contribution in [2.75, 3.05) is 26.2 Å². The molecule has 0 aromatic heterocycles. The summed E-state index contributed by atoms with van der Waals surface area (Å²) in [5.41, 5.74) is 0.839. The Morgan fingerprint density at radius 1 is 1.15 bits per heavy atom. The van der Waals surface area contributed by atoms with Gasteiger partial charge >= 0.3 is 0 Å². The Hall–Kier alpha value is -0.900. The van der Waals surface area contributed by atoms with Gasteiger partial charge in [0.25, 0.3) is 0 Å². The van der Waals surface area contributed by atoms with Crippen LogP contribution >= 0.6 is 0 Å². The first-order valence-corrected chi connectivity index (χ1v) is 7.88. The molecule has 0 radical (unpaired) electrons. The normalized spacial score (nSPS) is 32.6. The van der Waals surface area contributed by atoms with Gasteiger partial charge in [0.05, 0.1) is 11.6 Å². The van der Waals surface area contributed by atoms with Gasteiger partial charge in [0.2, 0.25) is 0 Å². The molecular formula is C17H26N2O. The average Bonchev–Trinajstić information content (AvgIpc) is 2.96. The lowest BCUT2D eigenvalue weighted by molar-refractivity contribution is -0.0776. The van der Waals surface area contributed by atoms with Crippen LogP contribution in [-0.4, -0.2) is 52.7 Å². The van der Waals surface area contributed by atoms with Crippen molar-refractivity contribution < 1.29 is 5.11 Å². The molecule has 2 saturated heterocycles. The second kappa shape index (κ2) is 5.84. The van der Waals surface area contributed by atoms with Gasteiger partial charge in [0.15, 0.2) is 0 Å². The number of piperidine rings is 1. The molecule has 3 nitrogen and oxygen atoms in total. The second-order valence-corrected chi connectivity index (χ2v) is 6.59. The van der Waals surface area contributed by atoms with Gasteiger partial charge in [-0.1, -0.05) is 30.3 Å². The Morgan fingerprint density at radius 3 is 2.55 bits per heavy atom. The number of nitrogens with zero attached hydrogens (tertiary/aromatic N) is 2. The minimum absolute atomic E-state index is 0.294. The fourth-order valence-electron chi connectivity index (χ4n) is 3.63. The monoisotopic (exact) mass is 274 g/mol. The van der Waals surface area contributed by atoms with Crippen LogP contribution in [0.2, 0.25) is 0 Å². The molecule has 0 amide bonds. The molecule has 20 heavy (non-hydrogen) atoms. The summed E-state index contributed by atoms with van der Waals surface area (Å²) < 4.78 is 0. The molecule has 2 unspecified atom stereocenters. The van der Waals surface area contributed by atoms with E-state index in [2.05, 4.69) is 40.1 Å². The molecule has 2 heterocycles. The molecule has 0 aliphatic carbocycles. The molecule has 2 fully saturated rings. The lowest BCUT2D eigenvalue weighted by atomic mass is 9.87. The smallest absolute Gasteiger partial charge is 0.0798 e. The molecule has 2 atom stereocenters. The van der Waals surface area contributed by atoms with Crippen molar-refractivity contribution in [3.05, 3.63) is 35.9 Å². The molecule has 2 aliphatic heterocycles. The quantitative estimate of drug-likeness (QED) is 0.914. The third-order valence-corrected chi connectivity index (χ3v) is 4.91. The van der Waals surface area contributed by atoms with Gasteiger partial charge in [-0.15, -0.1) is 0 Å². The van der Waals surface area contributed by atoms with Crippen LogP contribution in [0.25, 0.3) is 0 Å². The zero-order valence-corrected chi connectivity index (χ0v) is 12.5. The van der Waals surface area contributed by atoms with E-state index in [0.717, 1.165) is 39.1 Å². The van der Waals surface area contributed by atoms with Gasteiger partial charge in [0, 0.05) is 19.6 Å². The van der Waals surface area contributed by atoms with E-state index in [-0.39, 0.29) is 0 Å². The van der Waals surface area contributed by atoms with Crippen molar-refractivity contribution in [1.82, 2.24) is 9.80 Å². The van der Waals surface area contributed by atoms with Crippen LogP contribution in [0.15, 0.2) is 30.3 Å². The predicted molar refractivity (Wildman–Crippen MR) is 81.6 cm³/mol. The van der Waals surface area contributed by atoms with E-state index in [4.69, 9.17) is 0 Å². The molecule has 3 rings (SSSR count). The van der Waals surface area contributed by atoms with Crippen LogP contribution < -0.4 is 0 Å². The van der Waals surface area contributed by atoms with E-state index in [1.54, 1.807) is 0 Å². The third-order valence-electron chi connectivity index (χ3n) is 4.91. The molecule has 0 saturated carbocycles. The van der Waals surface area contributed by atoms with E-state index < -0.39 is 5.60 Å². The summed E-state index contributed by atoms with van der Waals surface area (Å²) >= 11 is 0. The summed E-state index contributed by atoms with van der Waals surface area (Å²) in [6, 6.07) is 11.0. The summed E-state index contributed by atoms with van der Waals surface area (Å²) in [6.07, 6.45) is 3.44. The van der Waals surface area contributed by atoms with Crippen LogP contribution in [0.4, 0.5) is 0 Å². The van der Waals surface area contributed by atoms with Gasteiger partial charge < -0.3 is 5.11 Å². The standard InChI is InChI=1S/C17H26N2O/c1-17(20)9-12-18(13-15-7-3-2-4-8-15)14-16(17)19-10-5-6-11-19/h2-4,7-8,16,20H,5-6,9-14H2,1H3. The minimum atomic E-state index is -0.530. The lowest BCUT2D eigenvalue weighted by Crippen LogP contribution is -2.60. The highest BCUT2D eigenvalue weighted by atomic mass is 16.3. The van der Waals surface area contributed by atoms with Crippen molar-refractivity contribution in [2.24, 2.45) is 0 Å². The number of benzene rings is 1. The highest BCUT2D eigenvalue weighted by molar-refractivity contribution is 5.15. The Labute approximate surface area is 122 Å². The van der Waals surface area contributed by atoms with Crippen molar-refractivity contribution in [3.63, 3.8) is 0 Å². The van der Waals surface area contributed by atoms with Gasteiger partial charge in [0.1, 0.15) is 0 Å². The van der Waals surface area contributed by atoms with E-state index >= 15 is 0 Å². The van der Waals surface area contributed by atoms with Crippen LogP contribution in [-0.2, 0) is 6.54 Å². The molecule has 0 bridgehead atoms. The summed E-state index contributed by atoms with van der Waals surface area (Å²) in [6.45, 7) is 7.31. The van der Waals surface area contributed by atoms with Gasteiger partial charge in [-0.3, -0.25) is 9.80 Å². The van der Waals surface area contributed by atoms with Crippen molar-refractivity contribution >= 4 is 0 Å². The topological polar surface area (TPSA) is 26.7 Å². The van der Waals surface area contributed by atoms with Crippen molar-refractivity contribution in [2.45, 2.75) is 44.4 Å². The van der Waals surface area contributed by atoms with E-state index in [9.17, 15) is 5.11 Å². The number of aliphatic hydroxyl groups is 1. The second-order valence-electron chi connectivity index (χ2n) is 6.59. The van der Waals surface area contributed by atoms with Crippen LogP contribution in [0.5, 0.6) is 0 Å². The fraction of sp³-hybridized carbons (Fsp3) is 0.647. The Balaban J connectivity index is 1.66. The number of likely N-dealkylation sites (tertiary alicyclic amines) is 2. The Kier molecular flexibility index (Phi) is 4.11. The Morgan fingerprint density at radius 2 is 1.85 bits per heavy atom. The minimum Gasteiger partial charge on any atom is -0.388 e. The summed E-state index contributed by atoms with van der Waals surface area (Å²) in [4.78, 5) is 4.99. The summed E-state index contributed by atoms with van der Waals surface area (Å²) in [7, 11) is 0. The van der Waals surface area contributed by atoms with Gasteiger partial charge in [-0.2, -0.15) is 0 Å². The molecule has 110 valence electrons. The highest BCUT2D eigenvalue weighted by Crippen LogP contribution is 2.29. The zero-order chi connectivity index (χ0) is 14.0. The SMILES string of the molecule is CC1(O)CCN(Cc2ccccc2)CC1N1CCCC1. The average molecular weight is 274 g/mol. The van der Waals surface area contributed by atoms with Crippen LogP contribution in [0.3, 0.4) is 0 Å². The predicted octanol–water partition coefficient (Wildman–Crippen LogP) is 2.11. The van der Waals surface area contributed by atoms with Crippen LogP contribution in [0.1, 0.15) is 31.7 Å². The van der Waals surface area contributed by atoms with Gasteiger partial charge in [-0.25, -0.2) is 0 Å². The first-order valence-electron chi connectivity index (χ1n) is 7.88. The van der Waals surface area contributed by atoms with E-state index in [1.807, 2.05) is 6.92 Å². The van der Waals surface area contributed by atoms with Crippen molar-refractivity contribution in [1.29, 1.82) is 0 Å². The van der Waals surface area contributed by atoms with Crippen molar-refractivity contribution in [3.8, 4) is 0 Å². The maximum Gasteiger partial charge on any atom is 0.0798 e. The zero-order valence-electron chi connectivity index (χ0n) is 12.5. The Bertz CT molecular complexity index is 426. The number of hydrogen-bond donors (Lipinski definition) is 1. The van der Waals surface area contributed by atoms with E-state index in [1.165, 1.54) is 18.4 Å². The maximum atomic E-state index is 10.7.